The Labute approximate surface area is 316 Å². The maximum atomic E-state index is 12.7. The molecule has 0 aliphatic rings. The van der Waals surface area contributed by atoms with Crippen LogP contribution in [0, 0.1) is 0 Å². The lowest BCUT2D eigenvalue weighted by Crippen LogP contribution is -2.52. The summed E-state index contributed by atoms with van der Waals surface area (Å²) in [6.07, 6.45) is 32.3. The molecule has 0 atom stereocenters. The maximum absolute atomic E-state index is 12.7. The summed E-state index contributed by atoms with van der Waals surface area (Å²) in [5, 5.41) is 19.1. The average molecular weight is 729 g/mol. The molecule has 0 saturated carbocycles. The van der Waals surface area contributed by atoms with Crippen molar-refractivity contribution in [3.05, 3.63) is 0 Å². The fourth-order valence-electron chi connectivity index (χ4n) is 7.11. The van der Waals surface area contributed by atoms with Gasteiger partial charge in [-0.25, -0.2) is 0 Å². The van der Waals surface area contributed by atoms with E-state index in [1.165, 1.54) is 128 Å². The number of carbonyl (C=O) groups excluding carboxylic acids is 2. The zero-order chi connectivity index (χ0) is 37.7. The largest absolute Gasteiger partial charge is 0.466 e. The van der Waals surface area contributed by atoms with Gasteiger partial charge in [0.1, 0.15) is 13.1 Å². The molecule has 0 aromatic rings. The fourth-order valence-corrected chi connectivity index (χ4v) is 7.11. The lowest BCUT2D eigenvalue weighted by atomic mass is 10.1. The molecular weight excluding hydrogens is 640 g/mol. The summed E-state index contributed by atoms with van der Waals surface area (Å²) in [6, 6.07) is 0. The predicted octanol–water partition coefficient (Wildman–Crippen LogP) is 9.52. The summed E-state index contributed by atoms with van der Waals surface area (Å²) in [7, 11) is 4.19. The first-order chi connectivity index (χ1) is 24.7. The van der Waals surface area contributed by atoms with Crippen LogP contribution >= 0.6 is 0 Å². The van der Waals surface area contributed by atoms with Gasteiger partial charge in [0.2, 0.25) is 0 Å². The van der Waals surface area contributed by atoms with Crippen molar-refractivity contribution in [1.82, 2.24) is 0 Å². The first kappa shape index (κ1) is 49.8. The minimum Gasteiger partial charge on any atom is -0.466 e. The second-order valence-electron chi connectivity index (χ2n) is 16.1. The highest BCUT2D eigenvalue weighted by Crippen LogP contribution is 2.15. The molecule has 0 amide bonds. The van der Waals surface area contributed by atoms with Crippen molar-refractivity contribution >= 4 is 11.9 Å². The molecule has 8 nitrogen and oxygen atoms in total. The Morgan fingerprint density at radius 3 is 0.961 bits per heavy atom. The Balaban J connectivity index is 4.43. The topological polar surface area (TPSA) is 93.1 Å². The predicted molar refractivity (Wildman–Crippen MR) is 214 cm³/mol. The van der Waals surface area contributed by atoms with Crippen LogP contribution in [0.5, 0.6) is 0 Å². The van der Waals surface area contributed by atoms with Crippen LogP contribution in [0.15, 0.2) is 0 Å². The van der Waals surface area contributed by atoms with E-state index in [0.29, 0.717) is 61.2 Å². The summed E-state index contributed by atoms with van der Waals surface area (Å²) >= 11 is 0. The number of hydrogen-bond acceptors (Lipinski definition) is 6. The van der Waals surface area contributed by atoms with Crippen LogP contribution in [0.2, 0.25) is 0 Å². The Hall–Kier alpha value is -1.22. The minimum atomic E-state index is -0.154. The molecule has 8 heteroatoms. The number of quaternary nitrogens is 2. The molecule has 0 fully saturated rings. The third kappa shape index (κ3) is 33.1. The number of likely N-dealkylation sites (N-methyl/N-ethyl adjacent to an activating group) is 1. The van der Waals surface area contributed by atoms with Gasteiger partial charge >= 0.3 is 11.9 Å². The number of nitrogens with zero attached hydrogens (tertiary/aromatic N) is 2. The Morgan fingerprint density at radius 2 is 0.667 bits per heavy atom. The third-order valence-corrected chi connectivity index (χ3v) is 10.9. The summed E-state index contributed by atoms with van der Waals surface area (Å²) in [5.74, 6) is -0.309. The van der Waals surface area contributed by atoms with Gasteiger partial charge in [0.25, 0.3) is 0 Å². The Bertz CT molecular complexity index is 728. The van der Waals surface area contributed by atoms with Crippen molar-refractivity contribution in [3.8, 4) is 0 Å². The van der Waals surface area contributed by atoms with Gasteiger partial charge in [-0.05, 0) is 12.8 Å². The normalized spacial score (nSPS) is 12.0. The molecule has 0 spiro atoms. The highest BCUT2D eigenvalue weighted by Gasteiger charge is 2.27. The molecule has 304 valence electrons. The zero-order valence-corrected chi connectivity index (χ0v) is 34.6. The molecule has 0 unspecified atom stereocenters. The smallest absolute Gasteiger partial charge is 0.311 e. The lowest BCUT2D eigenvalue weighted by molar-refractivity contribution is -0.927. The quantitative estimate of drug-likeness (QED) is 0.0371. The monoisotopic (exact) mass is 729 g/mol. The highest BCUT2D eigenvalue weighted by atomic mass is 16.5. The van der Waals surface area contributed by atoms with E-state index >= 15 is 0 Å². The zero-order valence-electron chi connectivity index (χ0n) is 34.6. The molecule has 0 rings (SSSR count). The van der Waals surface area contributed by atoms with Crippen molar-refractivity contribution in [1.29, 1.82) is 0 Å². The van der Waals surface area contributed by atoms with Gasteiger partial charge < -0.3 is 28.7 Å². The number of ether oxygens (including phenoxy) is 2. The van der Waals surface area contributed by atoms with E-state index in [0.717, 1.165) is 45.2 Å². The van der Waals surface area contributed by atoms with E-state index in [1.54, 1.807) is 0 Å². The van der Waals surface area contributed by atoms with Crippen LogP contribution in [0.3, 0.4) is 0 Å². The third-order valence-electron chi connectivity index (χ3n) is 10.9. The molecule has 0 aliphatic carbocycles. The molecule has 0 aromatic carbocycles. The number of aliphatic hydroxyl groups excluding tert-OH is 2. The van der Waals surface area contributed by atoms with Gasteiger partial charge in [0.15, 0.2) is 0 Å². The number of rotatable bonds is 40. The summed E-state index contributed by atoms with van der Waals surface area (Å²) in [5.41, 5.74) is 0. The van der Waals surface area contributed by atoms with Gasteiger partial charge in [0.05, 0.1) is 79.5 Å². The molecule has 2 N–H and O–H groups in total. The number of esters is 2. The fraction of sp³-hybridized carbons (Fsp3) is 0.953. The highest BCUT2D eigenvalue weighted by molar-refractivity contribution is 5.70. The molecule has 0 aliphatic heterocycles. The lowest BCUT2D eigenvalue weighted by Gasteiger charge is -2.37. The van der Waals surface area contributed by atoms with E-state index in [-0.39, 0.29) is 25.2 Å². The summed E-state index contributed by atoms with van der Waals surface area (Å²) < 4.78 is 12.4. The first-order valence-electron chi connectivity index (χ1n) is 21.9. The van der Waals surface area contributed by atoms with Gasteiger partial charge in [0, 0.05) is 6.42 Å². The average Bonchev–Trinajstić information content (AvgIpc) is 3.10. The maximum Gasteiger partial charge on any atom is 0.311 e. The Morgan fingerprint density at radius 1 is 0.392 bits per heavy atom. The van der Waals surface area contributed by atoms with Crippen LogP contribution in [0.4, 0.5) is 0 Å². The molecule has 0 bridgehead atoms. The molecule has 0 saturated heterocycles. The summed E-state index contributed by atoms with van der Waals surface area (Å²) in [6.45, 7) is 9.73. The minimum absolute atomic E-state index is 0.0820. The first-order valence-corrected chi connectivity index (χ1v) is 21.9. The Kier molecular flexibility index (Phi) is 34.9. The van der Waals surface area contributed by atoms with E-state index < -0.39 is 0 Å². The van der Waals surface area contributed by atoms with Crippen molar-refractivity contribution in [2.45, 2.75) is 187 Å². The second-order valence-corrected chi connectivity index (χ2v) is 16.1. The van der Waals surface area contributed by atoms with Gasteiger partial charge in [-0.3, -0.25) is 9.59 Å². The van der Waals surface area contributed by atoms with Crippen LogP contribution in [-0.4, -0.2) is 111 Å². The van der Waals surface area contributed by atoms with Crippen LogP contribution in [-0.2, 0) is 19.1 Å². The molecule has 0 aromatic heterocycles. The van der Waals surface area contributed by atoms with Gasteiger partial charge in [-0.1, -0.05) is 155 Å². The SMILES string of the molecule is CCCCCCCCCCCCCCOC(=O)CC[N+](C)(CCC[N+](C)(CCO)CCO)CCC(=O)OCCCCCCCCCCCCCC. The number of hydrogen-bond donors (Lipinski definition) is 2. The van der Waals surface area contributed by atoms with Gasteiger partial charge in [-0.2, -0.15) is 0 Å². The van der Waals surface area contributed by atoms with Crippen molar-refractivity contribution in [3.63, 3.8) is 0 Å². The number of aliphatic hydroxyl groups is 2. The number of carbonyl (C=O) groups is 2. The van der Waals surface area contributed by atoms with Crippen molar-refractivity contribution in [2.75, 3.05) is 79.8 Å². The van der Waals surface area contributed by atoms with Gasteiger partial charge in [-0.15, -0.1) is 0 Å². The molecule has 0 radical (unpaired) electrons. The van der Waals surface area contributed by atoms with E-state index in [4.69, 9.17) is 9.47 Å². The van der Waals surface area contributed by atoms with Crippen LogP contribution in [0.25, 0.3) is 0 Å². The van der Waals surface area contributed by atoms with E-state index in [2.05, 4.69) is 27.9 Å². The standard InChI is InChI=1S/C43H88N2O6/c1-5-7-9-11-13-15-17-19-21-23-25-27-40-50-42(48)30-34-44(3,32-29-33-45(4,36-38-46)37-39-47)35-31-43(49)51-41-28-26-24-22-20-18-16-14-12-10-8-6-2/h46-47H,5-41H2,1-4H3/q+2. The van der Waals surface area contributed by atoms with Crippen molar-refractivity contribution in [2.24, 2.45) is 0 Å². The molecular formula is C43H88N2O6+2. The summed E-state index contributed by atoms with van der Waals surface area (Å²) in [4.78, 5) is 25.4. The van der Waals surface area contributed by atoms with Crippen LogP contribution < -0.4 is 0 Å². The van der Waals surface area contributed by atoms with Crippen molar-refractivity contribution < 1.29 is 38.2 Å². The molecule has 0 heterocycles. The molecule has 51 heavy (non-hydrogen) atoms. The number of unbranched alkanes of at least 4 members (excludes halogenated alkanes) is 22. The second kappa shape index (κ2) is 35.8. The van der Waals surface area contributed by atoms with E-state index in [9.17, 15) is 19.8 Å². The van der Waals surface area contributed by atoms with E-state index in [1.807, 2.05) is 0 Å². The van der Waals surface area contributed by atoms with Crippen LogP contribution in [0.1, 0.15) is 187 Å².